The lowest BCUT2D eigenvalue weighted by molar-refractivity contribution is -0.385. The van der Waals surface area contributed by atoms with Gasteiger partial charge >= 0.3 is 5.69 Å². The van der Waals surface area contributed by atoms with Gasteiger partial charge in [0.2, 0.25) is 17.8 Å². The molecule has 0 aliphatic heterocycles. The first-order valence-electron chi connectivity index (χ1n) is 8.07. The summed E-state index contributed by atoms with van der Waals surface area (Å²) in [5.74, 6) is 0.389. The van der Waals surface area contributed by atoms with E-state index in [4.69, 9.17) is 0 Å². The maximum absolute atomic E-state index is 10.9. The molecule has 0 saturated heterocycles. The molecule has 1 aromatic heterocycles. The first-order valence-corrected chi connectivity index (χ1v) is 8.07. The van der Waals surface area contributed by atoms with Crippen molar-refractivity contribution < 1.29 is 10.0 Å². The van der Waals surface area contributed by atoms with E-state index in [0.29, 0.717) is 17.5 Å². The Kier molecular flexibility index (Phi) is 5.55. The standard InChI is InChI=1S/C17H16N8O3/c1-18-15-21-16(20-12-5-3-2-4-6-12)23-17(22-15)24-19-10-11-7-8-14(26)13(9-11)25(27)28/h2-10,26H,1H3,(H3,18,20,21,22,23,24)/b19-10+. The summed E-state index contributed by atoms with van der Waals surface area (Å²) in [6.45, 7) is 0. The van der Waals surface area contributed by atoms with Crippen molar-refractivity contribution in [3.05, 3.63) is 64.2 Å². The summed E-state index contributed by atoms with van der Waals surface area (Å²) in [6.07, 6.45) is 1.35. The molecule has 0 aliphatic carbocycles. The number of para-hydroxylation sites is 1. The number of nitro benzene ring substituents is 1. The Morgan fingerprint density at radius 1 is 1.07 bits per heavy atom. The zero-order valence-electron chi connectivity index (χ0n) is 14.7. The molecule has 0 unspecified atom stereocenters. The molecular weight excluding hydrogens is 364 g/mol. The van der Waals surface area contributed by atoms with E-state index in [9.17, 15) is 15.2 Å². The number of phenolic OH excluding ortho intramolecular Hbond substituents is 1. The lowest BCUT2D eigenvalue weighted by Crippen LogP contribution is -2.07. The largest absolute Gasteiger partial charge is 0.502 e. The van der Waals surface area contributed by atoms with Crippen LogP contribution in [-0.4, -0.2) is 38.2 Å². The second-order valence-electron chi connectivity index (χ2n) is 5.42. The summed E-state index contributed by atoms with van der Waals surface area (Å²) in [5, 5.41) is 30.2. The number of hydrogen-bond acceptors (Lipinski definition) is 10. The fourth-order valence-electron chi connectivity index (χ4n) is 2.18. The van der Waals surface area contributed by atoms with E-state index in [-0.39, 0.29) is 5.95 Å². The fraction of sp³-hybridized carbons (Fsp3) is 0.0588. The van der Waals surface area contributed by atoms with Crippen LogP contribution in [0, 0.1) is 10.1 Å². The van der Waals surface area contributed by atoms with Gasteiger partial charge in [-0.1, -0.05) is 18.2 Å². The van der Waals surface area contributed by atoms with Gasteiger partial charge in [0.15, 0.2) is 5.75 Å². The van der Waals surface area contributed by atoms with E-state index < -0.39 is 16.4 Å². The van der Waals surface area contributed by atoms with Crippen LogP contribution in [0.4, 0.5) is 29.2 Å². The van der Waals surface area contributed by atoms with E-state index in [1.54, 1.807) is 7.05 Å². The number of nitrogens with one attached hydrogen (secondary N) is 3. The third-order valence-electron chi connectivity index (χ3n) is 3.46. The van der Waals surface area contributed by atoms with Gasteiger partial charge in [-0.3, -0.25) is 10.1 Å². The maximum Gasteiger partial charge on any atom is 0.311 e. The molecular formula is C17H16N8O3. The van der Waals surface area contributed by atoms with Gasteiger partial charge in [0.1, 0.15) is 0 Å². The molecule has 28 heavy (non-hydrogen) atoms. The Morgan fingerprint density at radius 2 is 1.79 bits per heavy atom. The lowest BCUT2D eigenvalue weighted by Gasteiger charge is -2.08. The van der Waals surface area contributed by atoms with Crippen LogP contribution in [0.2, 0.25) is 0 Å². The molecule has 0 bridgehead atoms. The molecule has 0 aliphatic rings. The van der Waals surface area contributed by atoms with Crippen molar-refractivity contribution in [2.24, 2.45) is 5.10 Å². The minimum absolute atomic E-state index is 0.169. The predicted octanol–water partition coefficient (Wildman–Crippen LogP) is 2.72. The molecule has 2 aromatic carbocycles. The van der Waals surface area contributed by atoms with Crippen LogP contribution in [0.25, 0.3) is 0 Å². The summed E-state index contributed by atoms with van der Waals surface area (Å²) in [6, 6.07) is 13.3. The zero-order valence-corrected chi connectivity index (χ0v) is 14.7. The van der Waals surface area contributed by atoms with Gasteiger partial charge in [-0.2, -0.15) is 20.1 Å². The quantitative estimate of drug-likeness (QED) is 0.275. The number of aromatic nitrogens is 3. The van der Waals surface area contributed by atoms with Gasteiger partial charge in [0.25, 0.3) is 0 Å². The highest BCUT2D eigenvalue weighted by Crippen LogP contribution is 2.25. The number of hydrazone groups is 1. The minimum atomic E-state index is -0.674. The van der Waals surface area contributed by atoms with Crippen LogP contribution in [-0.2, 0) is 0 Å². The molecule has 3 aromatic rings. The first kappa shape index (κ1) is 18.5. The maximum atomic E-state index is 10.9. The molecule has 142 valence electrons. The Bertz CT molecular complexity index is 1010. The van der Waals surface area contributed by atoms with Crippen LogP contribution < -0.4 is 16.1 Å². The SMILES string of the molecule is CNc1nc(N/N=C/c2ccc(O)c([N+](=O)[O-])c2)nc(Nc2ccccc2)n1. The lowest BCUT2D eigenvalue weighted by atomic mass is 10.2. The van der Waals surface area contributed by atoms with Gasteiger partial charge in [0, 0.05) is 24.4 Å². The zero-order chi connectivity index (χ0) is 19.9. The Morgan fingerprint density at radius 3 is 2.50 bits per heavy atom. The minimum Gasteiger partial charge on any atom is -0.502 e. The van der Waals surface area contributed by atoms with Gasteiger partial charge in [0.05, 0.1) is 11.1 Å². The molecule has 0 saturated carbocycles. The van der Waals surface area contributed by atoms with E-state index >= 15 is 0 Å². The van der Waals surface area contributed by atoms with Gasteiger partial charge in [-0.15, -0.1) is 0 Å². The topological polar surface area (TPSA) is 150 Å². The van der Waals surface area contributed by atoms with Gasteiger partial charge < -0.3 is 15.7 Å². The number of hydrogen-bond donors (Lipinski definition) is 4. The molecule has 0 atom stereocenters. The Hall–Kier alpha value is -4.28. The van der Waals surface area contributed by atoms with Crippen LogP contribution in [0.5, 0.6) is 5.75 Å². The second kappa shape index (κ2) is 8.40. The number of rotatable bonds is 7. The highest BCUT2D eigenvalue weighted by Gasteiger charge is 2.12. The number of nitrogens with zero attached hydrogens (tertiary/aromatic N) is 5. The summed E-state index contributed by atoms with van der Waals surface area (Å²) in [5.41, 5.74) is 3.47. The van der Waals surface area contributed by atoms with Gasteiger partial charge in [-0.05, 0) is 24.3 Å². The van der Waals surface area contributed by atoms with Crippen LogP contribution in [0.15, 0.2) is 53.6 Å². The molecule has 3 rings (SSSR count). The number of anilines is 4. The predicted molar refractivity (Wildman–Crippen MR) is 105 cm³/mol. The summed E-state index contributed by atoms with van der Waals surface area (Å²) >= 11 is 0. The van der Waals surface area contributed by atoms with Crippen LogP contribution in [0.3, 0.4) is 0 Å². The van der Waals surface area contributed by atoms with Crippen molar-refractivity contribution in [1.29, 1.82) is 0 Å². The Balaban J connectivity index is 1.76. The molecule has 0 spiro atoms. The smallest absolute Gasteiger partial charge is 0.311 e. The number of phenols is 1. The molecule has 0 fully saturated rings. The van der Waals surface area contributed by atoms with Crippen molar-refractivity contribution in [3.63, 3.8) is 0 Å². The van der Waals surface area contributed by atoms with Gasteiger partial charge in [-0.25, -0.2) is 5.43 Å². The molecule has 11 nitrogen and oxygen atoms in total. The first-order chi connectivity index (χ1) is 13.5. The average Bonchev–Trinajstić information content (AvgIpc) is 2.69. The monoisotopic (exact) mass is 380 g/mol. The van der Waals surface area contributed by atoms with E-state index in [0.717, 1.165) is 5.69 Å². The highest BCUT2D eigenvalue weighted by molar-refractivity contribution is 5.82. The van der Waals surface area contributed by atoms with Crippen LogP contribution >= 0.6 is 0 Å². The molecule has 11 heteroatoms. The number of benzene rings is 2. The van der Waals surface area contributed by atoms with Crippen molar-refractivity contribution in [1.82, 2.24) is 15.0 Å². The third-order valence-corrected chi connectivity index (χ3v) is 3.46. The molecule has 1 heterocycles. The van der Waals surface area contributed by atoms with Crippen molar-refractivity contribution in [2.45, 2.75) is 0 Å². The normalized spacial score (nSPS) is 10.6. The highest BCUT2D eigenvalue weighted by atomic mass is 16.6. The van der Waals surface area contributed by atoms with E-state index in [1.165, 1.54) is 24.4 Å². The molecule has 4 N–H and O–H groups in total. The summed E-state index contributed by atoms with van der Waals surface area (Å²) < 4.78 is 0. The fourth-order valence-corrected chi connectivity index (χ4v) is 2.18. The second-order valence-corrected chi connectivity index (χ2v) is 5.42. The van der Waals surface area contributed by atoms with Crippen molar-refractivity contribution >= 4 is 35.4 Å². The molecule has 0 amide bonds. The van der Waals surface area contributed by atoms with Crippen molar-refractivity contribution in [3.8, 4) is 5.75 Å². The van der Waals surface area contributed by atoms with Crippen molar-refractivity contribution in [2.75, 3.05) is 23.1 Å². The molecule has 0 radical (unpaired) electrons. The van der Waals surface area contributed by atoms with E-state index in [1.807, 2.05) is 30.3 Å². The summed E-state index contributed by atoms with van der Waals surface area (Å²) in [4.78, 5) is 22.8. The summed E-state index contributed by atoms with van der Waals surface area (Å²) in [7, 11) is 1.67. The van der Waals surface area contributed by atoms with E-state index in [2.05, 4.69) is 36.1 Å². The Labute approximate surface area is 159 Å². The number of nitro groups is 1. The number of aromatic hydroxyl groups is 1. The third kappa shape index (κ3) is 4.66. The van der Waals surface area contributed by atoms with Crippen LogP contribution in [0.1, 0.15) is 5.56 Å². The average molecular weight is 380 g/mol.